The van der Waals surface area contributed by atoms with Gasteiger partial charge in [0.1, 0.15) is 4.47 Å². The summed E-state index contributed by atoms with van der Waals surface area (Å²) in [6.07, 6.45) is 3.03. The van der Waals surface area contributed by atoms with Crippen LogP contribution in [0, 0.1) is 0 Å². The topological polar surface area (TPSA) is 67.2 Å². The largest absolute Gasteiger partial charge is 0.378 e. The fourth-order valence-electron chi connectivity index (χ4n) is 2.16. The number of likely N-dealkylation sites (tertiary alicyclic amines) is 1. The summed E-state index contributed by atoms with van der Waals surface area (Å²) in [6.45, 7) is 3.30. The summed E-state index contributed by atoms with van der Waals surface area (Å²) in [5.41, 5.74) is 0.503. The lowest BCUT2D eigenvalue weighted by atomic mass is 10.2. The third-order valence-corrected chi connectivity index (χ3v) is 4.05. The van der Waals surface area contributed by atoms with Crippen molar-refractivity contribution >= 4 is 27.5 Å². The van der Waals surface area contributed by atoms with Gasteiger partial charge in [0.2, 0.25) is 5.91 Å². The van der Waals surface area contributed by atoms with Crippen molar-refractivity contribution in [2.75, 3.05) is 18.4 Å². The fourth-order valence-corrected chi connectivity index (χ4v) is 2.63. The Bertz CT molecular complexity index is 543. The van der Waals surface area contributed by atoms with Crippen molar-refractivity contribution in [3.05, 3.63) is 21.0 Å². The number of amides is 1. The van der Waals surface area contributed by atoms with Crippen LogP contribution in [-0.4, -0.2) is 39.7 Å². The van der Waals surface area contributed by atoms with Crippen molar-refractivity contribution in [1.29, 1.82) is 0 Å². The van der Waals surface area contributed by atoms with Crippen LogP contribution in [0.1, 0.15) is 19.8 Å². The second-order valence-electron chi connectivity index (χ2n) is 4.62. The minimum atomic E-state index is -0.176. The average molecular weight is 329 g/mol. The van der Waals surface area contributed by atoms with Crippen molar-refractivity contribution in [2.24, 2.45) is 7.05 Å². The SMILES string of the molecule is CCC(=O)N1CCC(Nc2cnn(C)c(=O)c2Br)C1. The molecular formula is C12H17BrN4O2. The van der Waals surface area contributed by atoms with Gasteiger partial charge in [-0.2, -0.15) is 5.10 Å². The van der Waals surface area contributed by atoms with Crippen LogP contribution in [0.25, 0.3) is 0 Å². The molecule has 1 amide bonds. The van der Waals surface area contributed by atoms with Gasteiger partial charge in [0, 0.05) is 32.6 Å². The summed E-state index contributed by atoms with van der Waals surface area (Å²) < 4.78 is 1.75. The van der Waals surface area contributed by atoms with E-state index in [4.69, 9.17) is 0 Å². The van der Waals surface area contributed by atoms with Crippen LogP contribution in [0.5, 0.6) is 0 Å². The van der Waals surface area contributed by atoms with Crippen LogP contribution in [0.3, 0.4) is 0 Å². The first-order valence-electron chi connectivity index (χ1n) is 6.29. The minimum absolute atomic E-state index is 0.167. The maximum absolute atomic E-state index is 11.7. The molecule has 1 fully saturated rings. The number of halogens is 1. The van der Waals surface area contributed by atoms with E-state index in [-0.39, 0.29) is 17.5 Å². The molecule has 2 rings (SSSR count). The lowest BCUT2D eigenvalue weighted by Gasteiger charge is -2.17. The molecule has 1 aromatic rings. The second-order valence-corrected chi connectivity index (χ2v) is 5.42. The molecule has 0 bridgehead atoms. The predicted molar refractivity (Wildman–Crippen MR) is 76.1 cm³/mol. The van der Waals surface area contributed by atoms with Gasteiger partial charge in [0.05, 0.1) is 11.9 Å². The maximum Gasteiger partial charge on any atom is 0.282 e. The Kier molecular flexibility index (Phi) is 4.24. The summed E-state index contributed by atoms with van der Waals surface area (Å²) in [5, 5.41) is 7.25. The second kappa shape index (κ2) is 5.73. The van der Waals surface area contributed by atoms with Gasteiger partial charge < -0.3 is 10.2 Å². The lowest BCUT2D eigenvalue weighted by molar-refractivity contribution is -0.129. The molecule has 0 aliphatic carbocycles. The van der Waals surface area contributed by atoms with Crippen LogP contribution < -0.4 is 10.9 Å². The van der Waals surface area contributed by atoms with E-state index in [0.29, 0.717) is 23.1 Å². The molecule has 1 N–H and O–H groups in total. The molecule has 0 spiro atoms. The van der Waals surface area contributed by atoms with E-state index < -0.39 is 0 Å². The van der Waals surface area contributed by atoms with Gasteiger partial charge in [-0.3, -0.25) is 9.59 Å². The number of aryl methyl sites for hydroxylation is 1. The number of anilines is 1. The molecule has 1 aliphatic heterocycles. The number of nitrogens with one attached hydrogen (secondary N) is 1. The number of carbonyl (C=O) groups excluding carboxylic acids is 1. The quantitative estimate of drug-likeness (QED) is 0.897. The highest BCUT2D eigenvalue weighted by atomic mass is 79.9. The van der Waals surface area contributed by atoms with E-state index in [1.54, 1.807) is 13.2 Å². The van der Waals surface area contributed by atoms with Crippen LogP contribution in [0.15, 0.2) is 15.5 Å². The van der Waals surface area contributed by atoms with Gasteiger partial charge in [0.25, 0.3) is 5.56 Å². The van der Waals surface area contributed by atoms with Crippen molar-refractivity contribution in [3.8, 4) is 0 Å². The monoisotopic (exact) mass is 328 g/mol. The Morgan fingerprint density at radius 2 is 2.37 bits per heavy atom. The standard InChI is InChI=1S/C12H17BrN4O2/c1-3-10(18)17-5-4-8(7-17)15-9-6-14-16(2)12(19)11(9)13/h6,8,15H,3-5,7H2,1-2H3. The average Bonchev–Trinajstić information content (AvgIpc) is 2.87. The zero-order valence-corrected chi connectivity index (χ0v) is 12.6. The molecule has 1 saturated heterocycles. The van der Waals surface area contributed by atoms with Gasteiger partial charge in [-0.05, 0) is 22.4 Å². The highest BCUT2D eigenvalue weighted by Gasteiger charge is 2.25. The van der Waals surface area contributed by atoms with E-state index >= 15 is 0 Å². The van der Waals surface area contributed by atoms with Crippen LogP contribution in [0.2, 0.25) is 0 Å². The molecule has 0 aromatic carbocycles. The summed E-state index contributed by atoms with van der Waals surface area (Å²) in [4.78, 5) is 25.2. The lowest BCUT2D eigenvalue weighted by Crippen LogP contribution is -2.31. The summed E-state index contributed by atoms with van der Waals surface area (Å²) in [5.74, 6) is 0.172. The molecule has 6 nitrogen and oxygen atoms in total. The Labute approximate surface area is 119 Å². The predicted octanol–water partition coefficient (Wildman–Crippen LogP) is 0.966. The first-order chi connectivity index (χ1) is 9.02. The number of carbonyl (C=O) groups is 1. The van der Waals surface area contributed by atoms with Gasteiger partial charge in [0.15, 0.2) is 0 Å². The molecule has 104 valence electrons. The number of hydrogen-bond donors (Lipinski definition) is 1. The summed E-state index contributed by atoms with van der Waals surface area (Å²) >= 11 is 3.28. The molecule has 7 heteroatoms. The Hall–Kier alpha value is -1.37. The van der Waals surface area contributed by atoms with E-state index in [1.807, 2.05) is 11.8 Å². The van der Waals surface area contributed by atoms with Gasteiger partial charge in [-0.25, -0.2) is 4.68 Å². The van der Waals surface area contributed by atoms with Gasteiger partial charge in [-0.15, -0.1) is 0 Å². The van der Waals surface area contributed by atoms with E-state index in [1.165, 1.54) is 4.68 Å². The van der Waals surface area contributed by atoms with Crippen molar-refractivity contribution in [2.45, 2.75) is 25.8 Å². The first-order valence-corrected chi connectivity index (χ1v) is 7.08. The normalized spacial score (nSPS) is 18.7. The fraction of sp³-hybridized carbons (Fsp3) is 0.583. The molecule has 1 aliphatic rings. The Morgan fingerprint density at radius 1 is 1.63 bits per heavy atom. The molecule has 19 heavy (non-hydrogen) atoms. The van der Waals surface area contributed by atoms with Crippen molar-refractivity contribution in [3.63, 3.8) is 0 Å². The van der Waals surface area contributed by atoms with E-state index in [0.717, 1.165) is 13.0 Å². The van der Waals surface area contributed by atoms with Gasteiger partial charge >= 0.3 is 0 Å². The summed E-state index contributed by atoms with van der Waals surface area (Å²) in [6, 6.07) is 0.167. The molecule has 1 unspecified atom stereocenters. The molecule has 2 heterocycles. The highest BCUT2D eigenvalue weighted by Crippen LogP contribution is 2.20. The van der Waals surface area contributed by atoms with Crippen LogP contribution in [0.4, 0.5) is 5.69 Å². The van der Waals surface area contributed by atoms with Crippen molar-refractivity contribution < 1.29 is 4.79 Å². The molecule has 1 atom stereocenters. The smallest absolute Gasteiger partial charge is 0.282 e. The number of nitrogens with zero attached hydrogens (tertiary/aromatic N) is 3. The third-order valence-electron chi connectivity index (χ3n) is 3.28. The van der Waals surface area contributed by atoms with E-state index in [9.17, 15) is 9.59 Å². The van der Waals surface area contributed by atoms with Crippen LogP contribution >= 0.6 is 15.9 Å². The first kappa shape index (κ1) is 14.0. The number of hydrogen-bond acceptors (Lipinski definition) is 4. The highest BCUT2D eigenvalue weighted by molar-refractivity contribution is 9.10. The van der Waals surface area contributed by atoms with E-state index in [2.05, 4.69) is 26.3 Å². The molecule has 0 radical (unpaired) electrons. The minimum Gasteiger partial charge on any atom is -0.378 e. The molecule has 1 aromatic heterocycles. The Balaban J connectivity index is 2.06. The molecular weight excluding hydrogens is 312 g/mol. The summed E-state index contributed by atoms with van der Waals surface area (Å²) in [7, 11) is 1.61. The van der Waals surface area contributed by atoms with Crippen molar-refractivity contribution in [1.82, 2.24) is 14.7 Å². The zero-order valence-electron chi connectivity index (χ0n) is 11.0. The Morgan fingerprint density at radius 3 is 3.05 bits per heavy atom. The zero-order chi connectivity index (χ0) is 14.0. The number of aromatic nitrogens is 2. The third kappa shape index (κ3) is 2.97. The molecule has 0 saturated carbocycles. The maximum atomic E-state index is 11.7. The number of rotatable bonds is 3. The van der Waals surface area contributed by atoms with Crippen LogP contribution in [-0.2, 0) is 11.8 Å². The van der Waals surface area contributed by atoms with Gasteiger partial charge in [-0.1, -0.05) is 6.92 Å².